The number of carbonyl (C=O) groups excluding carboxylic acids is 1. The van der Waals surface area contributed by atoms with E-state index in [-0.39, 0.29) is 5.97 Å². The Morgan fingerprint density at radius 2 is 2.05 bits per heavy atom. The Hall–Kier alpha value is -1.87. The van der Waals surface area contributed by atoms with Gasteiger partial charge in [0.15, 0.2) is 0 Å². The number of thiophene rings is 1. The van der Waals surface area contributed by atoms with Crippen molar-refractivity contribution in [1.29, 1.82) is 0 Å². The zero-order valence-electron chi connectivity index (χ0n) is 10.7. The van der Waals surface area contributed by atoms with Gasteiger partial charge in [0.1, 0.15) is 0 Å². The van der Waals surface area contributed by atoms with Crippen LogP contribution in [0.3, 0.4) is 0 Å². The largest absolute Gasteiger partial charge is 0.466 e. The topological polar surface area (TPSA) is 26.3 Å². The van der Waals surface area contributed by atoms with Gasteiger partial charge in [0.2, 0.25) is 0 Å². The van der Waals surface area contributed by atoms with Crippen molar-refractivity contribution in [2.75, 3.05) is 6.61 Å². The summed E-state index contributed by atoms with van der Waals surface area (Å²) in [5.41, 5.74) is 1.05. The zero-order chi connectivity index (χ0) is 13.2. The predicted octanol–water partition coefficient (Wildman–Crippen LogP) is 4.16. The highest BCUT2D eigenvalue weighted by Gasteiger charge is 2.11. The smallest absolute Gasteiger partial charge is 0.310 e. The highest BCUT2D eigenvalue weighted by atomic mass is 32.1. The Balaban J connectivity index is 2.16. The number of benzene rings is 2. The number of hydrogen-bond donors (Lipinski definition) is 0. The minimum absolute atomic E-state index is 0.162. The second kappa shape index (κ2) is 5.02. The number of fused-ring (bicyclic) bond motifs is 3. The molecule has 2 aromatic carbocycles. The molecule has 1 aromatic heterocycles. The van der Waals surface area contributed by atoms with Crippen LogP contribution in [0.2, 0.25) is 0 Å². The molecule has 19 heavy (non-hydrogen) atoms. The van der Waals surface area contributed by atoms with E-state index in [2.05, 4.69) is 29.6 Å². The highest BCUT2D eigenvalue weighted by molar-refractivity contribution is 7.18. The molecule has 0 spiro atoms. The fourth-order valence-corrected chi connectivity index (χ4v) is 3.36. The number of esters is 1. The average Bonchev–Trinajstić information content (AvgIpc) is 2.89. The lowest BCUT2D eigenvalue weighted by Crippen LogP contribution is -2.07. The van der Waals surface area contributed by atoms with E-state index in [0.717, 1.165) is 10.9 Å². The molecule has 0 amide bonds. The maximum absolute atomic E-state index is 11.7. The SMILES string of the molecule is CCOC(=O)Cc1cc2ccccc2c2sccc12. The minimum atomic E-state index is -0.162. The molecule has 0 radical (unpaired) electrons. The molecule has 0 saturated heterocycles. The van der Waals surface area contributed by atoms with E-state index in [1.807, 2.05) is 19.1 Å². The Morgan fingerprint density at radius 1 is 1.21 bits per heavy atom. The van der Waals surface area contributed by atoms with Gasteiger partial charge in [0.25, 0.3) is 0 Å². The fraction of sp³-hybridized carbons (Fsp3) is 0.188. The van der Waals surface area contributed by atoms with Crippen LogP contribution in [-0.2, 0) is 16.0 Å². The molecule has 3 rings (SSSR count). The summed E-state index contributed by atoms with van der Waals surface area (Å²) < 4.78 is 6.30. The zero-order valence-corrected chi connectivity index (χ0v) is 11.5. The van der Waals surface area contributed by atoms with Crippen molar-refractivity contribution in [3.8, 4) is 0 Å². The number of rotatable bonds is 3. The van der Waals surface area contributed by atoms with Crippen LogP contribution in [-0.4, -0.2) is 12.6 Å². The summed E-state index contributed by atoms with van der Waals surface area (Å²) in [6, 6.07) is 12.5. The number of carbonyl (C=O) groups is 1. The van der Waals surface area contributed by atoms with E-state index in [1.165, 1.54) is 15.5 Å². The van der Waals surface area contributed by atoms with Crippen LogP contribution >= 0.6 is 11.3 Å². The van der Waals surface area contributed by atoms with Crippen molar-refractivity contribution >= 4 is 38.2 Å². The molecule has 0 aliphatic carbocycles. The van der Waals surface area contributed by atoms with E-state index < -0.39 is 0 Å². The standard InChI is InChI=1S/C16H14O2S/c1-2-18-15(17)10-12-9-11-5-3-4-6-13(11)16-14(12)7-8-19-16/h3-9H,2,10H2,1H3. The first-order chi connectivity index (χ1) is 9.29. The lowest BCUT2D eigenvalue weighted by atomic mass is 10.0. The lowest BCUT2D eigenvalue weighted by molar-refractivity contribution is -0.142. The van der Waals surface area contributed by atoms with Crippen LogP contribution in [0.4, 0.5) is 0 Å². The van der Waals surface area contributed by atoms with Gasteiger partial charge >= 0.3 is 5.97 Å². The van der Waals surface area contributed by atoms with Gasteiger partial charge in [-0.25, -0.2) is 0 Å². The summed E-state index contributed by atoms with van der Waals surface area (Å²) in [6.07, 6.45) is 0.339. The summed E-state index contributed by atoms with van der Waals surface area (Å²) >= 11 is 1.72. The summed E-state index contributed by atoms with van der Waals surface area (Å²) in [6.45, 7) is 2.26. The molecule has 0 atom stereocenters. The molecular weight excluding hydrogens is 256 g/mol. The van der Waals surface area contributed by atoms with Gasteiger partial charge in [0, 0.05) is 4.70 Å². The van der Waals surface area contributed by atoms with Crippen molar-refractivity contribution in [1.82, 2.24) is 0 Å². The van der Waals surface area contributed by atoms with Crippen LogP contribution in [0.1, 0.15) is 12.5 Å². The summed E-state index contributed by atoms with van der Waals surface area (Å²) in [5, 5.41) is 5.67. The van der Waals surface area contributed by atoms with E-state index in [9.17, 15) is 4.79 Å². The van der Waals surface area contributed by atoms with E-state index in [0.29, 0.717) is 13.0 Å². The van der Waals surface area contributed by atoms with Gasteiger partial charge in [-0.15, -0.1) is 11.3 Å². The molecule has 96 valence electrons. The Kier molecular flexibility index (Phi) is 3.22. The van der Waals surface area contributed by atoms with Crippen LogP contribution < -0.4 is 0 Å². The quantitative estimate of drug-likeness (QED) is 0.668. The molecule has 0 aliphatic heterocycles. The van der Waals surface area contributed by atoms with Gasteiger partial charge in [0.05, 0.1) is 13.0 Å². The molecule has 3 heteroatoms. The van der Waals surface area contributed by atoms with Crippen LogP contribution in [0.5, 0.6) is 0 Å². The maximum Gasteiger partial charge on any atom is 0.310 e. The van der Waals surface area contributed by atoms with Crippen LogP contribution in [0.25, 0.3) is 20.9 Å². The summed E-state index contributed by atoms with van der Waals surface area (Å²) in [4.78, 5) is 11.7. The third kappa shape index (κ3) is 2.22. The molecule has 1 heterocycles. The van der Waals surface area contributed by atoms with Crippen LogP contribution in [0, 0.1) is 0 Å². The molecular formula is C16H14O2S. The van der Waals surface area contributed by atoms with Crippen molar-refractivity contribution in [2.45, 2.75) is 13.3 Å². The van der Waals surface area contributed by atoms with Gasteiger partial charge < -0.3 is 4.74 Å². The molecule has 0 fully saturated rings. The van der Waals surface area contributed by atoms with Crippen molar-refractivity contribution < 1.29 is 9.53 Å². The highest BCUT2D eigenvalue weighted by Crippen LogP contribution is 2.33. The van der Waals surface area contributed by atoms with Gasteiger partial charge in [-0.1, -0.05) is 24.3 Å². The fourth-order valence-electron chi connectivity index (χ4n) is 2.38. The van der Waals surface area contributed by atoms with Gasteiger partial charge in [-0.05, 0) is 46.2 Å². The Labute approximate surface area is 115 Å². The molecule has 0 aliphatic rings. The van der Waals surface area contributed by atoms with Gasteiger partial charge in [-0.2, -0.15) is 0 Å². The van der Waals surface area contributed by atoms with Gasteiger partial charge in [-0.3, -0.25) is 4.79 Å². The molecule has 0 unspecified atom stereocenters. The summed E-state index contributed by atoms with van der Waals surface area (Å²) in [7, 11) is 0. The first-order valence-electron chi connectivity index (χ1n) is 6.33. The maximum atomic E-state index is 11.7. The monoisotopic (exact) mass is 270 g/mol. The third-order valence-electron chi connectivity index (χ3n) is 3.19. The normalized spacial score (nSPS) is 11.0. The molecule has 0 N–H and O–H groups in total. The predicted molar refractivity (Wildman–Crippen MR) is 79.7 cm³/mol. The molecule has 0 saturated carbocycles. The molecule has 0 bridgehead atoms. The first-order valence-corrected chi connectivity index (χ1v) is 7.21. The second-order valence-electron chi connectivity index (χ2n) is 4.40. The molecule has 2 nitrogen and oxygen atoms in total. The summed E-state index contributed by atoms with van der Waals surface area (Å²) in [5.74, 6) is -0.162. The minimum Gasteiger partial charge on any atom is -0.466 e. The molecule has 3 aromatic rings. The van der Waals surface area contributed by atoms with E-state index in [4.69, 9.17) is 4.74 Å². The number of hydrogen-bond acceptors (Lipinski definition) is 3. The Bertz CT molecular complexity index is 743. The van der Waals surface area contributed by atoms with Crippen LogP contribution in [0.15, 0.2) is 41.8 Å². The third-order valence-corrected chi connectivity index (χ3v) is 4.13. The van der Waals surface area contributed by atoms with Crippen molar-refractivity contribution in [3.63, 3.8) is 0 Å². The van der Waals surface area contributed by atoms with E-state index >= 15 is 0 Å². The Morgan fingerprint density at radius 3 is 2.89 bits per heavy atom. The average molecular weight is 270 g/mol. The second-order valence-corrected chi connectivity index (χ2v) is 5.32. The number of ether oxygens (including phenoxy) is 1. The van der Waals surface area contributed by atoms with Crippen molar-refractivity contribution in [2.24, 2.45) is 0 Å². The van der Waals surface area contributed by atoms with E-state index in [1.54, 1.807) is 11.3 Å². The van der Waals surface area contributed by atoms with Crippen molar-refractivity contribution in [3.05, 3.63) is 47.3 Å². The first kappa shape index (κ1) is 12.2. The lowest BCUT2D eigenvalue weighted by Gasteiger charge is -2.07.